The van der Waals surface area contributed by atoms with E-state index in [0.717, 1.165) is 6.42 Å². The van der Waals surface area contributed by atoms with Crippen LogP contribution in [0.5, 0.6) is 0 Å². The fourth-order valence-electron chi connectivity index (χ4n) is 4.21. The van der Waals surface area contributed by atoms with Crippen LogP contribution < -0.4 is 4.57 Å². The lowest BCUT2D eigenvalue weighted by molar-refractivity contribution is -0.709. The number of rotatable bonds is 0. The van der Waals surface area contributed by atoms with E-state index in [0.29, 0.717) is 6.04 Å². The maximum Gasteiger partial charge on any atom is 0.220 e. The highest BCUT2D eigenvalue weighted by molar-refractivity contribution is 6.10. The number of hydrogen-bond donors (Lipinski definition) is 0. The third-order valence-electron chi connectivity index (χ3n) is 5.40. The van der Waals surface area contributed by atoms with Gasteiger partial charge in [-0.05, 0) is 42.3 Å². The number of aromatic nitrogens is 1. The molecule has 5 rings (SSSR count). The van der Waals surface area contributed by atoms with Gasteiger partial charge in [-0.15, -0.1) is 0 Å². The van der Waals surface area contributed by atoms with E-state index >= 15 is 0 Å². The Morgan fingerprint density at radius 1 is 0.875 bits per heavy atom. The first-order valence-corrected chi connectivity index (χ1v) is 8.68. The molecule has 0 bridgehead atoms. The van der Waals surface area contributed by atoms with Crippen LogP contribution in [0.15, 0.2) is 66.9 Å². The minimum absolute atomic E-state index is 0.492. The van der Waals surface area contributed by atoms with Gasteiger partial charge >= 0.3 is 0 Å². The number of aryl methyl sites for hydroxylation is 1. The Balaban J connectivity index is 1.96. The smallest absolute Gasteiger partial charge is 0.195 e. The summed E-state index contributed by atoms with van der Waals surface area (Å²) < 4.78 is 2.46. The molecule has 0 radical (unpaired) electrons. The second-order valence-corrected chi connectivity index (χ2v) is 7.03. The predicted molar refractivity (Wildman–Crippen MR) is 100 cm³/mol. The van der Waals surface area contributed by atoms with Gasteiger partial charge in [0, 0.05) is 17.9 Å². The van der Waals surface area contributed by atoms with Crippen LogP contribution >= 0.6 is 0 Å². The molecule has 0 N–H and O–H groups in total. The fourth-order valence-corrected chi connectivity index (χ4v) is 4.21. The van der Waals surface area contributed by atoms with Crippen LogP contribution in [-0.4, -0.2) is 0 Å². The third-order valence-corrected chi connectivity index (χ3v) is 5.40. The Labute approximate surface area is 142 Å². The molecular formula is C23H20N+. The molecule has 1 heteroatoms. The summed E-state index contributed by atoms with van der Waals surface area (Å²) in [6.07, 6.45) is 3.38. The molecule has 1 aromatic heterocycles. The summed E-state index contributed by atoms with van der Waals surface area (Å²) in [5, 5.41) is 5.35. The first-order chi connectivity index (χ1) is 11.7. The molecule has 0 fully saturated rings. The molecule has 0 amide bonds. The zero-order valence-electron chi connectivity index (χ0n) is 14.1. The molecule has 116 valence electrons. The molecule has 3 aromatic carbocycles. The largest absolute Gasteiger partial charge is 0.220 e. The van der Waals surface area contributed by atoms with Gasteiger partial charge in [0.25, 0.3) is 0 Å². The van der Waals surface area contributed by atoms with Crippen LogP contribution in [-0.2, 0) is 6.42 Å². The van der Waals surface area contributed by atoms with Gasteiger partial charge in [-0.1, -0.05) is 48.0 Å². The predicted octanol–water partition coefficient (Wildman–Crippen LogP) is 5.37. The van der Waals surface area contributed by atoms with Crippen molar-refractivity contribution in [3.8, 4) is 11.3 Å². The van der Waals surface area contributed by atoms with Gasteiger partial charge in [-0.3, -0.25) is 0 Å². The lowest BCUT2D eigenvalue weighted by Gasteiger charge is -2.21. The number of hydrogen-bond acceptors (Lipinski definition) is 0. The van der Waals surface area contributed by atoms with E-state index in [9.17, 15) is 0 Å². The molecule has 4 aromatic rings. The summed E-state index contributed by atoms with van der Waals surface area (Å²) in [5.74, 6) is 0. The molecular weight excluding hydrogens is 290 g/mol. The number of nitrogens with zero attached hydrogens (tertiary/aromatic N) is 1. The van der Waals surface area contributed by atoms with Gasteiger partial charge in [0.15, 0.2) is 12.2 Å². The van der Waals surface area contributed by atoms with Crippen LogP contribution in [0, 0.1) is 6.92 Å². The minimum atomic E-state index is 0.492. The van der Waals surface area contributed by atoms with Gasteiger partial charge < -0.3 is 0 Å². The summed E-state index contributed by atoms with van der Waals surface area (Å²) >= 11 is 0. The summed E-state index contributed by atoms with van der Waals surface area (Å²) in [7, 11) is 0. The molecule has 24 heavy (non-hydrogen) atoms. The Morgan fingerprint density at radius 2 is 1.75 bits per heavy atom. The Hall–Kier alpha value is -2.67. The second kappa shape index (κ2) is 4.91. The Morgan fingerprint density at radius 3 is 2.67 bits per heavy atom. The van der Waals surface area contributed by atoms with Gasteiger partial charge in [0.1, 0.15) is 0 Å². The van der Waals surface area contributed by atoms with Crippen molar-refractivity contribution in [1.29, 1.82) is 0 Å². The van der Waals surface area contributed by atoms with E-state index in [-0.39, 0.29) is 0 Å². The van der Waals surface area contributed by atoms with Crippen molar-refractivity contribution in [1.82, 2.24) is 0 Å². The van der Waals surface area contributed by atoms with Crippen molar-refractivity contribution < 1.29 is 4.57 Å². The first kappa shape index (κ1) is 13.7. The molecule has 1 aliphatic rings. The molecule has 1 nitrogen and oxygen atoms in total. The molecule has 1 atom stereocenters. The zero-order valence-corrected chi connectivity index (χ0v) is 14.1. The van der Waals surface area contributed by atoms with E-state index in [2.05, 4.69) is 85.3 Å². The van der Waals surface area contributed by atoms with Crippen LogP contribution in [0.3, 0.4) is 0 Å². The van der Waals surface area contributed by atoms with Crippen molar-refractivity contribution in [3.05, 3.63) is 78.0 Å². The van der Waals surface area contributed by atoms with Crippen LogP contribution in [0.2, 0.25) is 0 Å². The average Bonchev–Trinajstić information content (AvgIpc) is 2.61. The number of benzene rings is 3. The number of pyridine rings is 1. The first-order valence-electron chi connectivity index (χ1n) is 8.68. The molecule has 1 unspecified atom stereocenters. The van der Waals surface area contributed by atoms with E-state index < -0.39 is 0 Å². The van der Waals surface area contributed by atoms with E-state index in [1.165, 1.54) is 43.9 Å². The van der Waals surface area contributed by atoms with Crippen LogP contribution in [0.1, 0.15) is 24.1 Å². The van der Waals surface area contributed by atoms with Gasteiger partial charge in [0.05, 0.1) is 10.9 Å². The third kappa shape index (κ3) is 1.85. The lowest BCUT2D eigenvalue weighted by atomic mass is 9.89. The summed E-state index contributed by atoms with van der Waals surface area (Å²) in [6, 6.07) is 22.9. The highest BCUT2D eigenvalue weighted by atomic mass is 15.0. The molecule has 0 saturated carbocycles. The molecule has 0 spiro atoms. The lowest BCUT2D eigenvalue weighted by Crippen LogP contribution is -2.43. The van der Waals surface area contributed by atoms with E-state index in [1.54, 1.807) is 0 Å². The molecule has 0 aliphatic carbocycles. The summed E-state index contributed by atoms with van der Waals surface area (Å²) in [6.45, 7) is 4.50. The number of fused-ring (bicyclic) bond motifs is 7. The van der Waals surface area contributed by atoms with Crippen LogP contribution in [0.25, 0.3) is 32.8 Å². The van der Waals surface area contributed by atoms with Crippen molar-refractivity contribution in [2.75, 3.05) is 0 Å². The SMILES string of the molecule is Cc1ccc2c(c1)-c1c3ccc4ccccc4c3cc[n+]1C(C)C2. The normalized spacial score (nSPS) is 16.2. The van der Waals surface area contributed by atoms with Crippen LogP contribution in [0.4, 0.5) is 0 Å². The second-order valence-electron chi connectivity index (χ2n) is 7.03. The topological polar surface area (TPSA) is 3.88 Å². The zero-order chi connectivity index (χ0) is 16.3. The highest BCUT2D eigenvalue weighted by Gasteiger charge is 2.30. The highest BCUT2D eigenvalue weighted by Crippen LogP contribution is 2.36. The Kier molecular flexibility index (Phi) is 2.81. The Bertz CT molecular complexity index is 1110. The van der Waals surface area contributed by atoms with Crippen molar-refractivity contribution >= 4 is 21.5 Å². The quantitative estimate of drug-likeness (QED) is 0.303. The standard InChI is InChI=1S/C23H20N/c1-15-7-8-18-14-16(2)24-12-11-20-19-6-4-3-5-17(19)9-10-21(20)23(24)22(18)13-15/h3-13,16H,14H2,1-2H3/q+1. The monoisotopic (exact) mass is 310 g/mol. The molecule has 2 heterocycles. The maximum absolute atomic E-state index is 2.46. The fraction of sp³-hybridized carbons (Fsp3) is 0.174. The maximum atomic E-state index is 2.46. The van der Waals surface area contributed by atoms with Crippen molar-refractivity contribution in [3.63, 3.8) is 0 Å². The molecule has 1 aliphatic heterocycles. The summed E-state index contributed by atoms with van der Waals surface area (Å²) in [4.78, 5) is 0. The minimum Gasteiger partial charge on any atom is -0.195 e. The van der Waals surface area contributed by atoms with E-state index in [4.69, 9.17) is 0 Å². The van der Waals surface area contributed by atoms with Crippen molar-refractivity contribution in [2.45, 2.75) is 26.3 Å². The summed E-state index contributed by atoms with van der Waals surface area (Å²) in [5.41, 5.74) is 5.56. The average molecular weight is 310 g/mol. The van der Waals surface area contributed by atoms with Gasteiger partial charge in [0.2, 0.25) is 5.69 Å². The van der Waals surface area contributed by atoms with Gasteiger partial charge in [-0.25, -0.2) is 0 Å². The van der Waals surface area contributed by atoms with Gasteiger partial charge in [-0.2, -0.15) is 4.57 Å². The van der Waals surface area contributed by atoms with Crippen molar-refractivity contribution in [2.24, 2.45) is 0 Å². The van der Waals surface area contributed by atoms with E-state index in [1.807, 2.05) is 0 Å². The molecule has 0 saturated heterocycles.